The molecule has 1 aliphatic rings. The molecule has 1 aromatic rings. The van der Waals surface area contributed by atoms with E-state index in [2.05, 4.69) is 30.0 Å². The minimum absolute atomic E-state index is 0.458. The van der Waals surface area contributed by atoms with Crippen LogP contribution in [0.5, 0.6) is 5.75 Å². The smallest absolute Gasteiger partial charge is 0.119 e. The fourth-order valence-corrected chi connectivity index (χ4v) is 2.74. The van der Waals surface area contributed by atoms with E-state index in [1.807, 2.05) is 24.3 Å². The number of ether oxygens (including phenoxy) is 1. The van der Waals surface area contributed by atoms with Crippen molar-refractivity contribution in [2.24, 2.45) is 0 Å². The molecule has 1 fully saturated rings. The number of rotatable bonds is 6. The molecule has 2 rings (SSSR count). The summed E-state index contributed by atoms with van der Waals surface area (Å²) < 4.78 is 5.80. The Morgan fingerprint density at radius 3 is 2.76 bits per heavy atom. The second-order valence-corrected chi connectivity index (χ2v) is 5.89. The van der Waals surface area contributed by atoms with Gasteiger partial charge in [-0.25, -0.2) is 0 Å². The van der Waals surface area contributed by atoms with Crippen molar-refractivity contribution in [3.05, 3.63) is 29.8 Å². The maximum atomic E-state index is 8.64. The van der Waals surface area contributed by atoms with E-state index < -0.39 is 0 Å². The van der Waals surface area contributed by atoms with Crippen LogP contribution >= 0.6 is 0 Å². The fraction of sp³-hybridized carbons (Fsp3) is 0.588. The summed E-state index contributed by atoms with van der Waals surface area (Å²) >= 11 is 0. The van der Waals surface area contributed by atoms with Crippen LogP contribution in [0.25, 0.3) is 0 Å². The zero-order chi connectivity index (χ0) is 15.1. The third kappa shape index (κ3) is 5.04. The molecular weight excluding hydrogens is 262 g/mol. The largest absolute Gasteiger partial charge is 0.492 e. The standard InChI is InChI=1S/C17H25N3O/c1-19(2)16-4-3-11-20(14-16)12-13-21-17-7-5-15(6-8-17)9-10-18/h5-8,16H,3-4,9,11-14H2,1-2H3. The van der Waals surface area contributed by atoms with Gasteiger partial charge in [0.2, 0.25) is 0 Å². The quantitative estimate of drug-likeness (QED) is 0.804. The lowest BCUT2D eigenvalue weighted by atomic mass is 10.1. The van der Waals surface area contributed by atoms with Crippen molar-refractivity contribution in [2.75, 3.05) is 40.3 Å². The van der Waals surface area contributed by atoms with Crippen LogP contribution in [0, 0.1) is 11.3 Å². The predicted molar refractivity (Wildman–Crippen MR) is 84.4 cm³/mol. The van der Waals surface area contributed by atoms with Crippen LogP contribution in [0.3, 0.4) is 0 Å². The van der Waals surface area contributed by atoms with Crippen molar-refractivity contribution in [3.8, 4) is 11.8 Å². The van der Waals surface area contributed by atoms with Gasteiger partial charge in [-0.3, -0.25) is 4.90 Å². The average Bonchev–Trinajstić information content (AvgIpc) is 2.50. The van der Waals surface area contributed by atoms with Crippen LogP contribution in [0.4, 0.5) is 0 Å². The molecule has 1 saturated heterocycles. The lowest BCUT2D eigenvalue weighted by molar-refractivity contribution is 0.117. The van der Waals surface area contributed by atoms with E-state index in [1.165, 1.54) is 19.4 Å². The van der Waals surface area contributed by atoms with E-state index >= 15 is 0 Å². The summed E-state index contributed by atoms with van der Waals surface area (Å²) in [6.45, 7) is 4.01. The van der Waals surface area contributed by atoms with Gasteiger partial charge in [-0.15, -0.1) is 0 Å². The van der Waals surface area contributed by atoms with Gasteiger partial charge in [0.05, 0.1) is 12.5 Å². The normalized spacial score (nSPS) is 19.4. The molecule has 0 aromatic heterocycles. The number of likely N-dealkylation sites (tertiary alicyclic amines) is 1. The molecule has 1 aromatic carbocycles. The monoisotopic (exact) mass is 287 g/mol. The minimum atomic E-state index is 0.458. The Hall–Kier alpha value is -1.57. The molecule has 0 radical (unpaired) electrons. The number of piperidine rings is 1. The van der Waals surface area contributed by atoms with Gasteiger partial charge in [0.1, 0.15) is 12.4 Å². The molecule has 0 aliphatic carbocycles. The molecule has 4 nitrogen and oxygen atoms in total. The van der Waals surface area contributed by atoms with Gasteiger partial charge in [-0.05, 0) is 51.2 Å². The first-order valence-electron chi connectivity index (χ1n) is 7.66. The van der Waals surface area contributed by atoms with Crippen LogP contribution in [-0.4, -0.2) is 56.2 Å². The molecule has 0 saturated carbocycles. The van der Waals surface area contributed by atoms with Crippen molar-refractivity contribution in [1.29, 1.82) is 5.26 Å². The van der Waals surface area contributed by atoms with E-state index in [1.54, 1.807) is 0 Å². The molecule has 1 unspecified atom stereocenters. The summed E-state index contributed by atoms with van der Waals surface area (Å²) in [7, 11) is 4.32. The van der Waals surface area contributed by atoms with Gasteiger partial charge < -0.3 is 9.64 Å². The number of hydrogen-bond acceptors (Lipinski definition) is 4. The molecule has 0 spiro atoms. The van der Waals surface area contributed by atoms with E-state index in [4.69, 9.17) is 10.00 Å². The molecule has 0 bridgehead atoms. The molecule has 1 heterocycles. The van der Waals surface area contributed by atoms with E-state index in [-0.39, 0.29) is 0 Å². The van der Waals surface area contributed by atoms with Gasteiger partial charge >= 0.3 is 0 Å². The van der Waals surface area contributed by atoms with Crippen molar-refractivity contribution in [3.63, 3.8) is 0 Å². The van der Waals surface area contributed by atoms with E-state index in [0.717, 1.165) is 31.0 Å². The minimum Gasteiger partial charge on any atom is -0.492 e. The molecule has 0 amide bonds. The van der Waals surface area contributed by atoms with Crippen molar-refractivity contribution in [1.82, 2.24) is 9.80 Å². The lowest BCUT2D eigenvalue weighted by Crippen LogP contribution is -2.46. The van der Waals surface area contributed by atoms with Crippen molar-refractivity contribution in [2.45, 2.75) is 25.3 Å². The van der Waals surface area contributed by atoms with Gasteiger partial charge in [0.25, 0.3) is 0 Å². The molecule has 114 valence electrons. The number of benzene rings is 1. The summed E-state index contributed by atoms with van der Waals surface area (Å²) in [6, 6.07) is 10.6. The maximum absolute atomic E-state index is 8.64. The number of nitriles is 1. The molecule has 1 atom stereocenters. The Morgan fingerprint density at radius 2 is 2.10 bits per heavy atom. The molecular formula is C17H25N3O. The Morgan fingerprint density at radius 1 is 1.33 bits per heavy atom. The SMILES string of the molecule is CN(C)C1CCCN(CCOc2ccc(CC#N)cc2)C1. The van der Waals surface area contributed by atoms with E-state index in [0.29, 0.717) is 12.5 Å². The molecule has 0 N–H and O–H groups in total. The predicted octanol–water partition coefficient (Wildman–Crippen LogP) is 2.16. The Bertz CT molecular complexity index is 464. The summed E-state index contributed by atoms with van der Waals surface area (Å²) in [5.41, 5.74) is 1.04. The van der Waals surface area contributed by atoms with Crippen molar-refractivity contribution >= 4 is 0 Å². The Balaban J connectivity index is 1.72. The Kier molecular flexibility index (Phi) is 6.04. The third-order valence-electron chi connectivity index (χ3n) is 4.09. The zero-order valence-corrected chi connectivity index (χ0v) is 13.1. The van der Waals surface area contributed by atoms with Crippen molar-refractivity contribution < 1.29 is 4.74 Å². The fourth-order valence-electron chi connectivity index (χ4n) is 2.74. The van der Waals surface area contributed by atoms with E-state index in [9.17, 15) is 0 Å². The van der Waals surface area contributed by atoms with Gasteiger partial charge in [0, 0.05) is 19.1 Å². The van der Waals surface area contributed by atoms with Gasteiger partial charge in [0.15, 0.2) is 0 Å². The highest BCUT2D eigenvalue weighted by Crippen LogP contribution is 2.15. The number of likely N-dealkylation sites (N-methyl/N-ethyl adjacent to an activating group) is 1. The topological polar surface area (TPSA) is 39.5 Å². The number of nitrogens with zero attached hydrogens (tertiary/aromatic N) is 3. The molecule has 1 aliphatic heterocycles. The van der Waals surface area contributed by atoms with Crippen LogP contribution in [0.1, 0.15) is 18.4 Å². The number of hydrogen-bond donors (Lipinski definition) is 0. The summed E-state index contributed by atoms with van der Waals surface area (Å²) in [6.07, 6.45) is 3.02. The summed E-state index contributed by atoms with van der Waals surface area (Å²) in [4.78, 5) is 4.80. The first kappa shape index (κ1) is 15.8. The second-order valence-electron chi connectivity index (χ2n) is 5.89. The maximum Gasteiger partial charge on any atom is 0.119 e. The third-order valence-corrected chi connectivity index (χ3v) is 4.09. The highest BCUT2D eigenvalue weighted by Gasteiger charge is 2.20. The molecule has 4 heteroatoms. The summed E-state index contributed by atoms with van der Waals surface area (Å²) in [5.74, 6) is 0.887. The zero-order valence-electron chi connectivity index (χ0n) is 13.1. The molecule has 21 heavy (non-hydrogen) atoms. The van der Waals surface area contributed by atoms with Gasteiger partial charge in [-0.1, -0.05) is 12.1 Å². The first-order chi connectivity index (χ1) is 10.2. The Labute approximate surface area is 127 Å². The van der Waals surface area contributed by atoms with Crippen LogP contribution in [0.2, 0.25) is 0 Å². The van der Waals surface area contributed by atoms with Crippen LogP contribution in [0.15, 0.2) is 24.3 Å². The first-order valence-corrected chi connectivity index (χ1v) is 7.66. The van der Waals surface area contributed by atoms with Crippen LogP contribution in [-0.2, 0) is 6.42 Å². The van der Waals surface area contributed by atoms with Gasteiger partial charge in [-0.2, -0.15) is 5.26 Å². The average molecular weight is 287 g/mol. The summed E-state index contributed by atoms with van der Waals surface area (Å²) in [5, 5.41) is 8.64. The highest BCUT2D eigenvalue weighted by molar-refractivity contribution is 5.28. The highest BCUT2D eigenvalue weighted by atomic mass is 16.5. The van der Waals surface area contributed by atoms with Crippen LogP contribution < -0.4 is 4.74 Å². The lowest BCUT2D eigenvalue weighted by Gasteiger charge is -2.36. The second kappa shape index (κ2) is 8.02.